The maximum Gasteiger partial charge on any atom is 0.331 e. The highest BCUT2D eigenvalue weighted by molar-refractivity contribution is 5.75. The van der Waals surface area contributed by atoms with Crippen molar-refractivity contribution in [3.8, 4) is 0 Å². The van der Waals surface area contributed by atoms with E-state index in [0.717, 1.165) is 31.5 Å². The van der Waals surface area contributed by atoms with Crippen LogP contribution in [0.4, 0.5) is 0 Å². The Hall–Kier alpha value is -3.48. The maximum atomic E-state index is 12.6. The number of H-pyrrole nitrogens is 1. The lowest BCUT2D eigenvalue weighted by molar-refractivity contribution is -0.165. The van der Waals surface area contributed by atoms with Gasteiger partial charge in [-0.25, -0.2) is 4.79 Å². The molecule has 0 spiro atoms. The van der Waals surface area contributed by atoms with E-state index in [0.29, 0.717) is 0 Å². The zero-order valence-corrected chi connectivity index (χ0v) is 19.7. The average molecular weight is 484 g/mol. The lowest BCUT2D eigenvalue weighted by atomic mass is 9.98. The second-order valence-corrected chi connectivity index (χ2v) is 8.67. The molecule has 0 aromatic carbocycles. The van der Waals surface area contributed by atoms with Gasteiger partial charge in [-0.05, 0) is 20.8 Å². The number of nitrogens with one attached hydrogen (secondary N) is 1. The Morgan fingerprint density at radius 1 is 0.971 bits per heavy atom. The predicted molar refractivity (Wildman–Crippen MR) is 112 cm³/mol. The number of carbonyl (C=O) groups excluding carboxylic acids is 4. The van der Waals surface area contributed by atoms with Gasteiger partial charge in [0.25, 0.3) is 5.56 Å². The van der Waals surface area contributed by atoms with Crippen molar-refractivity contribution >= 4 is 23.9 Å². The molecule has 2 heterocycles. The third kappa shape index (κ3) is 6.76. The summed E-state index contributed by atoms with van der Waals surface area (Å²) in [6, 6.07) is 0. The fourth-order valence-electron chi connectivity index (χ4n) is 3.14. The van der Waals surface area contributed by atoms with Crippen molar-refractivity contribution in [1.29, 1.82) is 0 Å². The van der Waals surface area contributed by atoms with Gasteiger partial charge in [0.2, 0.25) is 0 Å². The fraction of sp³-hybridized carbons (Fsp3) is 0.619. The Balaban J connectivity index is 2.46. The molecule has 1 aromatic rings. The summed E-state index contributed by atoms with van der Waals surface area (Å²) in [6.07, 6.45) is -3.81. The number of hydrogen-bond acceptors (Lipinski definition) is 11. The third-order valence-electron chi connectivity index (χ3n) is 4.66. The van der Waals surface area contributed by atoms with Crippen molar-refractivity contribution in [3.05, 3.63) is 32.6 Å². The standard InChI is InChI=1S/C21H28N2O11/c1-10(24)30-8-14-16(32-11(2)25)17(33-12(3)26)15(34-14)13-7-23(20(29)22-18(13)27)9-31-19(28)21(4,5)6/h7,14-17H,8-9H2,1-6H3,(H,22,27,29)/t14-,15+,16?,17-/m1/s1. The minimum atomic E-state index is -1.30. The lowest BCUT2D eigenvalue weighted by Crippen LogP contribution is -2.41. The van der Waals surface area contributed by atoms with Gasteiger partial charge >= 0.3 is 29.6 Å². The zero-order chi connectivity index (χ0) is 25.8. The number of ether oxygens (including phenoxy) is 5. The first-order chi connectivity index (χ1) is 15.7. The van der Waals surface area contributed by atoms with Crippen molar-refractivity contribution in [1.82, 2.24) is 9.55 Å². The summed E-state index contributed by atoms with van der Waals surface area (Å²) in [6.45, 7) is 7.42. The SMILES string of the molecule is CC(=O)OC[C@H]1O[C@@H](c2cn(COC(=O)C(C)(C)C)c(=O)[nH]c2=O)[C@@H](OC(C)=O)C1OC(C)=O. The Bertz CT molecular complexity index is 1070. The molecule has 1 saturated heterocycles. The van der Waals surface area contributed by atoms with Crippen LogP contribution in [0, 0.1) is 5.41 Å². The summed E-state index contributed by atoms with van der Waals surface area (Å²) in [5.74, 6) is -2.71. The van der Waals surface area contributed by atoms with Gasteiger partial charge in [0.15, 0.2) is 18.9 Å². The van der Waals surface area contributed by atoms with Crippen LogP contribution >= 0.6 is 0 Å². The van der Waals surface area contributed by atoms with Gasteiger partial charge in [-0.15, -0.1) is 0 Å². The number of carbonyl (C=O) groups is 4. The van der Waals surface area contributed by atoms with E-state index >= 15 is 0 Å². The van der Waals surface area contributed by atoms with E-state index in [4.69, 9.17) is 23.7 Å². The van der Waals surface area contributed by atoms with Crippen molar-refractivity contribution in [2.75, 3.05) is 6.61 Å². The monoisotopic (exact) mass is 484 g/mol. The number of hydrogen-bond donors (Lipinski definition) is 1. The molecule has 34 heavy (non-hydrogen) atoms. The van der Waals surface area contributed by atoms with Crippen LogP contribution in [0.2, 0.25) is 0 Å². The molecule has 0 bridgehead atoms. The van der Waals surface area contributed by atoms with Gasteiger partial charge < -0.3 is 23.7 Å². The van der Waals surface area contributed by atoms with E-state index in [1.807, 2.05) is 0 Å². The van der Waals surface area contributed by atoms with Gasteiger partial charge in [-0.1, -0.05) is 0 Å². The summed E-state index contributed by atoms with van der Waals surface area (Å²) >= 11 is 0. The first kappa shape index (κ1) is 26.8. The highest BCUT2D eigenvalue weighted by Crippen LogP contribution is 2.36. The Labute approximate surface area is 194 Å². The molecule has 0 aliphatic carbocycles. The molecule has 188 valence electrons. The van der Waals surface area contributed by atoms with Crippen LogP contribution in [0.3, 0.4) is 0 Å². The molecule has 0 saturated carbocycles. The van der Waals surface area contributed by atoms with Gasteiger partial charge in [0.1, 0.15) is 18.8 Å². The van der Waals surface area contributed by atoms with Crippen molar-refractivity contribution in [3.63, 3.8) is 0 Å². The van der Waals surface area contributed by atoms with E-state index in [1.54, 1.807) is 20.8 Å². The van der Waals surface area contributed by atoms with Crippen LogP contribution in [0.5, 0.6) is 0 Å². The summed E-state index contributed by atoms with van der Waals surface area (Å²) in [4.78, 5) is 73.7. The molecule has 0 amide bonds. The molecule has 1 aliphatic rings. The van der Waals surface area contributed by atoms with E-state index in [-0.39, 0.29) is 12.2 Å². The van der Waals surface area contributed by atoms with E-state index < -0.39 is 71.7 Å². The van der Waals surface area contributed by atoms with Crippen molar-refractivity contribution in [2.24, 2.45) is 5.41 Å². The van der Waals surface area contributed by atoms with E-state index in [9.17, 15) is 28.8 Å². The molecule has 1 N–H and O–H groups in total. The van der Waals surface area contributed by atoms with Crippen molar-refractivity contribution in [2.45, 2.75) is 72.7 Å². The number of aromatic amines is 1. The predicted octanol–water partition coefficient (Wildman–Crippen LogP) is -0.0502. The molecular weight excluding hydrogens is 456 g/mol. The van der Waals surface area contributed by atoms with Crippen molar-refractivity contribution < 1.29 is 42.9 Å². The minimum absolute atomic E-state index is 0.167. The summed E-state index contributed by atoms with van der Waals surface area (Å²) in [5, 5.41) is 0. The van der Waals surface area contributed by atoms with Gasteiger partial charge in [-0.3, -0.25) is 33.5 Å². The summed E-state index contributed by atoms with van der Waals surface area (Å²) < 4.78 is 27.4. The Kier molecular flexibility index (Phi) is 8.37. The smallest absolute Gasteiger partial charge is 0.331 e. The lowest BCUT2D eigenvalue weighted by Gasteiger charge is -2.23. The molecule has 1 aromatic heterocycles. The summed E-state index contributed by atoms with van der Waals surface area (Å²) in [5.41, 5.74) is -2.71. The number of rotatable bonds is 7. The highest BCUT2D eigenvalue weighted by atomic mass is 16.6. The second kappa shape index (κ2) is 10.6. The molecule has 0 radical (unpaired) electrons. The molecule has 1 fully saturated rings. The van der Waals surface area contributed by atoms with E-state index in [2.05, 4.69) is 4.98 Å². The van der Waals surface area contributed by atoms with Crippen LogP contribution in [0.1, 0.15) is 53.2 Å². The normalized spacial score (nSPS) is 22.1. The van der Waals surface area contributed by atoms with Gasteiger partial charge in [0.05, 0.1) is 11.0 Å². The molecule has 4 atom stereocenters. The topological polar surface area (TPSA) is 169 Å². The zero-order valence-electron chi connectivity index (χ0n) is 19.7. The fourth-order valence-corrected chi connectivity index (χ4v) is 3.14. The van der Waals surface area contributed by atoms with Crippen LogP contribution in [-0.4, -0.2) is 58.3 Å². The number of aromatic nitrogens is 2. The molecule has 2 rings (SSSR count). The quantitative estimate of drug-likeness (QED) is 0.407. The van der Waals surface area contributed by atoms with Crippen LogP contribution in [0.25, 0.3) is 0 Å². The Morgan fingerprint density at radius 3 is 2.09 bits per heavy atom. The first-order valence-electron chi connectivity index (χ1n) is 10.3. The van der Waals surface area contributed by atoms with Gasteiger partial charge in [0, 0.05) is 27.0 Å². The largest absolute Gasteiger partial charge is 0.463 e. The number of nitrogens with zero attached hydrogens (tertiary/aromatic N) is 1. The van der Waals surface area contributed by atoms with E-state index in [1.165, 1.54) is 0 Å². The average Bonchev–Trinajstić information content (AvgIpc) is 3.00. The van der Waals surface area contributed by atoms with Crippen LogP contribution in [-0.2, 0) is 49.6 Å². The molecule has 13 heteroatoms. The van der Waals surface area contributed by atoms with Gasteiger partial charge in [-0.2, -0.15) is 0 Å². The second-order valence-electron chi connectivity index (χ2n) is 8.67. The maximum absolute atomic E-state index is 12.6. The molecule has 1 unspecified atom stereocenters. The van der Waals surface area contributed by atoms with Crippen LogP contribution in [0.15, 0.2) is 15.8 Å². The van der Waals surface area contributed by atoms with Crippen LogP contribution < -0.4 is 11.2 Å². The minimum Gasteiger partial charge on any atom is -0.463 e. The molecule has 1 aliphatic heterocycles. The molecular formula is C21H28N2O11. The third-order valence-corrected chi connectivity index (χ3v) is 4.66. The highest BCUT2D eigenvalue weighted by Gasteiger charge is 2.51. The summed E-state index contributed by atoms with van der Waals surface area (Å²) in [7, 11) is 0. The first-order valence-corrected chi connectivity index (χ1v) is 10.3. The number of esters is 4. The molecule has 13 nitrogen and oxygen atoms in total. The Morgan fingerprint density at radius 2 is 1.56 bits per heavy atom.